The Labute approximate surface area is 182 Å². The monoisotopic (exact) mass is 505 g/mol. The summed E-state index contributed by atoms with van der Waals surface area (Å²) < 4.78 is 36.6. The molecule has 1 aromatic heterocycles. The van der Waals surface area contributed by atoms with E-state index >= 15 is 0 Å². The van der Waals surface area contributed by atoms with E-state index in [-0.39, 0.29) is 23.2 Å². The smallest absolute Gasteiger partial charge is 0.387 e. The van der Waals surface area contributed by atoms with Crippen molar-refractivity contribution in [3.8, 4) is 11.5 Å². The summed E-state index contributed by atoms with van der Waals surface area (Å²) in [5.41, 5.74) is 0.425. The fourth-order valence-electron chi connectivity index (χ4n) is 2.25. The zero-order valence-electron chi connectivity index (χ0n) is 14.4. The van der Waals surface area contributed by atoms with Crippen LogP contribution in [0.15, 0.2) is 53.1 Å². The second-order valence-corrected chi connectivity index (χ2v) is 7.30. The van der Waals surface area contributed by atoms with Crippen LogP contribution in [0.2, 0.25) is 10.0 Å². The SMILES string of the molecule is O=C(Nc1ccc(OC(F)F)c(Cl)c1)c1ccn(COc2ccc(Br)cc2Cl)n1. The number of nitrogens with zero attached hydrogens (tertiary/aromatic N) is 2. The van der Waals surface area contributed by atoms with Crippen LogP contribution in [0, 0.1) is 0 Å². The van der Waals surface area contributed by atoms with Crippen molar-refractivity contribution in [3.63, 3.8) is 0 Å². The number of aromatic nitrogens is 2. The molecule has 3 rings (SSSR count). The molecule has 1 N–H and O–H groups in total. The quantitative estimate of drug-likeness (QED) is 0.437. The van der Waals surface area contributed by atoms with E-state index in [9.17, 15) is 13.6 Å². The number of rotatable bonds is 7. The van der Waals surface area contributed by atoms with Gasteiger partial charge in [0.1, 0.15) is 11.5 Å². The third-order valence-corrected chi connectivity index (χ3v) is 4.61. The highest BCUT2D eigenvalue weighted by atomic mass is 79.9. The molecule has 152 valence electrons. The van der Waals surface area contributed by atoms with E-state index < -0.39 is 12.5 Å². The van der Waals surface area contributed by atoms with Crippen molar-refractivity contribution in [1.82, 2.24) is 9.78 Å². The van der Waals surface area contributed by atoms with E-state index in [1.54, 1.807) is 24.4 Å². The molecule has 0 saturated heterocycles. The third-order valence-electron chi connectivity index (χ3n) is 3.53. The second kappa shape index (κ2) is 9.43. The van der Waals surface area contributed by atoms with E-state index in [2.05, 4.69) is 31.1 Å². The number of alkyl halides is 2. The number of carbonyl (C=O) groups excluding carboxylic acids is 1. The minimum Gasteiger partial charge on any atom is -0.470 e. The average Bonchev–Trinajstić information content (AvgIpc) is 3.12. The molecule has 2 aromatic carbocycles. The van der Waals surface area contributed by atoms with Crippen molar-refractivity contribution in [2.75, 3.05) is 5.32 Å². The van der Waals surface area contributed by atoms with Gasteiger partial charge in [0.25, 0.3) is 5.91 Å². The summed E-state index contributed by atoms with van der Waals surface area (Å²) >= 11 is 15.3. The number of benzene rings is 2. The van der Waals surface area contributed by atoms with Crippen LogP contribution < -0.4 is 14.8 Å². The molecule has 29 heavy (non-hydrogen) atoms. The molecule has 0 unspecified atom stereocenters. The van der Waals surface area contributed by atoms with Gasteiger partial charge < -0.3 is 14.8 Å². The van der Waals surface area contributed by atoms with Crippen LogP contribution in [-0.2, 0) is 6.73 Å². The average molecular weight is 507 g/mol. The Kier molecular flexibility index (Phi) is 6.94. The minimum absolute atomic E-state index is 0.0418. The van der Waals surface area contributed by atoms with Crippen molar-refractivity contribution in [1.29, 1.82) is 0 Å². The lowest BCUT2D eigenvalue weighted by Crippen LogP contribution is -2.14. The van der Waals surface area contributed by atoms with Crippen molar-refractivity contribution < 1.29 is 23.0 Å². The van der Waals surface area contributed by atoms with Gasteiger partial charge in [-0.25, -0.2) is 4.68 Å². The molecule has 0 atom stereocenters. The van der Waals surface area contributed by atoms with Crippen LogP contribution in [0.4, 0.5) is 14.5 Å². The van der Waals surface area contributed by atoms with E-state index in [1.165, 1.54) is 28.9 Å². The molecular weight excluding hydrogens is 495 g/mol. The van der Waals surface area contributed by atoms with Gasteiger partial charge in [0.2, 0.25) is 0 Å². The fraction of sp³-hybridized carbons (Fsp3) is 0.111. The van der Waals surface area contributed by atoms with Gasteiger partial charge in [-0.1, -0.05) is 39.1 Å². The highest BCUT2D eigenvalue weighted by Gasteiger charge is 2.13. The summed E-state index contributed by atoms with van der Waals surface area (Å²) in [4.78, 5) is 12.3. The molecule has 3 aromatic rings. The Morgan fingerprint density at radius 2 is 1.86 bits per heavy atom. The molecule has 0 spiro atoms. The number of ether oxygens (including phenoxy) is 2. The normalized spacial score (nSPS) is 10.8. The lowest BCUT2D eigenvalue weighted by Gasteiger charge is -2.09. The van der Waals surface area contributed by atoms with Crippen LogP contribution in [-0.4, -0.2) is 22.3 Å². The Balaban J connectivity index is 1.61. The van der Waals surface area contributed by atoms with Gasteiger partial charge in [-0.2, -0.15) is 13.9 Å². The number of anilines is 1. The maximum absolute atomic E-state index is 12.3. The van der Waals surface area contributed by atoms with Crippen LogP contribution in [0.5, 0.6) is 11.5 Å². The van der Waals surface area contributed by atoms with Crippen LogP contribution in [0.3, 0.4) is 0 Å². The highest BCUT2D eigenvalue weighted by Crippen LogP contribution is 2.29. The maximum atomic E-state index is 12.3. The number of amides is 1. The number of hydrogen-bond acceptors (Lipinski definition) is 4. The fourth-order valence-corrected chi connectivity index (χ4v) is 3.20. The van der Waals surface area contributed by atoms with Crippen LogP contribution in [0.25, 0.3) is 0 Å². The van der Waals surface area contributed by atoms with Gasteiger partial charge in [0.15, 0.2) is 12.4 Å². The molecule has 0 saturated carbocycles. The van der Waals surface area contributed by atoms with Crippen LogP contribution in [0.1, 0.15) is 10.5 Å². The maximum Gasteiger partial charge on any atom is 0.387 e. The molecule has 0 radical (unpaired) electrons. The summed E-state index contributed by atoms with van der Waals surface area (Å²) in [6, 6.07) is 10.6. The first-order valence-electron chi connectivity index (χ1n) is 7.99. The predicted octanol–water partition coefficient (Wildman–Crippen LogP) is 5.84. The van der Waals surface area contributed by atoms with Gasteiger partial charge in [0.05, 0.1) is 10.0 Å². The molecule has 0 aliphatic heterocycles. The molecule has 0 fully saturated rings. The van der Waals surface area contributed by atoms with E-state index in [0.29, 0.717) is 16.5 Å². The first-order valence-corrected chi connectivity index (χ1v) is 9.54. The lowest BCUT2D eigenvalue weighted by molar-refractivity contribution is -0.0497. The number of nitrogens with one attached hydrogen (secondary N) is 1. The summed E-state index contributed by atoms with van der Waals surface area (Å²) in [7, 11) is 0. The minimum atomic E-state index is -2.99. The van der Waals surface area contributed by atoms with Crippen molar-refractivity contribution in [2.24, 2.45) is 0 Å². The van der Waals surface area contributed by atoms with Gasteiger partial charge in [0, 0.05) is 16.4 Å². The zero-order chi connectivity index (χ0) is 21.0. The van der Waals surface area contributed by atoms with Gasteiger partial charge in [-0.05, 0) is 42.5 Å². The summed E-state index contributed by atoms with van der Waals surface area (Å²) in [5.74, 6) is -0.228. The number of hydrogen-bond donors (Lipinski definition) is 1. The molecule has 0 aliphatic carbocycles. The summed E-state index contributed by atoms with van der Waals surface area (Å²) in [6.07, 6.45) is 1.56. The summed E-state index contributed by atoms with van der Waals surface area (Å²) in [6.45, 7) is -2.95. The van der Waals surface area contributed by atoms with Crippen LogP contribution >= 0.6 is 39.1 Å². The zero-order valence-corrected chi connectivity index (χ0v) is 17.5. The Morgan fingerprint density at radius 3 is 2.55 bits per heavy atom. The first-order chi connectivity index (χ1) is 13.8. The van der Waals surface area contributed by atoms with E-state index in [4.69, 9.17) is 27.9 Å². The third kappa shape index (κ3) is 5.81. The van der Waals surface area contributed by atoms with Gasteiger partial charge in [-0.3, -0.25) is 4.79 Å². The van der Waals surface area contributed by atoms with Crippen molar-refractivity contribution in [3.05, 3.63) is 68.9 Å². The Hall–Kier alpha value is -2.36. The molecule has 6 nitrogen and oxygen atoms in total. The van der Waals surface area contributed by atoms with Crippen molar-refractivity contribution in [2.45, 2.75) is 13.3 Å². The van der Waals surface area contributed by atoms with Crippen molar-refractivity contribution >= 4 is 50.7 Å². The van der Waals surface area contributed by atoms with E-state index in [0.717, 1.165) is 4.47 Å². The molecule has 11 heteroatoms. The van der Waals surface area contributed by atoms with E-state index in [1.807, 2.05) is 0 Å². The molecule has 1 heterocycles. The largest absolute Gasteiger partial charge is 0.470 e. The predicted molar refractivity (Wildman–Crippen MR) is 108 cm³/mol. The molecule has 0 aliphatic rings. The second-order valence-electron chi connectivity index (χ2n) is 5.57. The highest BCUT2D eigenvalue weighted by molar-refractivity contribution is 9.10. The Bertz CT molecular complexity index is 1030. The number of carbonyl (C=O) groups is 1. The first kappa shape index (κ1) is 21.4. The molecule has 1 amide bonds. The molecular formula is C18H12BrCl2F2N3O3. The molecule has 0 bridgehead atoms. The standard InChI is InChI=1S/C18H12BrCl2F2N3O3/c19-10-1-3-15(12(20)7-10)28-9-26-6-5-14(25-26)17(27)24-11-2-4-16(13(21)8-11)29-18(22)23/h1-8,18H,9H2,(H,24,27). The lowest BCUT2D eigenvalue weighted by atomic mass is 10.3. The Morgan fingerprint density at radius 1 is 1.14 bits per heavy atom. The van der Waals surface area contributed by atoms with Gasteiger partial charge in [-0.15, -0.1) is 0 Å². The number of halogens is 5. The van der Waals surface area contributed by atoms with Gasteiger partial charge >= 0.3 is 6.61 Å². The topological polar surface area (TPSA) is 65.4 Å². The summed E-state index contributed by atoms with van der Waals surface area (Å²) in [5, 5.41) is 7.06.